The molecule has 0 bridgehead atoms. The third-order valence-corrected chi connectivity index (χ3v) is 6.06. The summed E-state index contributed by atoms with van der Waals surface area (Å²) in [5.41, 5.74) is 1.04. The van der Waals surface area contributed by atoms with Crippen LogP contribution in [0.5, 0.6) is 0 Å². The van der Waals surface area contributed by atoms with Crippen LogP contribution in [0, 0.1) is 5.92 Å². The molecule has 120 valence electrons. The average molecular weight is 383 g/mol. The topological polar surface area (TPSA) is 35.0 Å². The van der Waals surface area contributed by atoms with E-state index in [4.69, 9.17) is 9.72 Å². The highest BCUT2D eigenvalue weighted by atomic mass is 79.9. The first-order valence-electron chi connectivity index (χ1n) is 8.26. The number of aromatic nitrogens is 2. The molecule has 3 nitrogen and oxygen atoms in total. The monoisotopic (exact) mass is 382 g/mol. The molecule has 1 fully saturated rings. The van der Waals surface area contributed by atoms with Crippen molar-refractivity contribution in [3.05, 3.63) is 21.9 Å². The van der Waals surface area contributed by atoms with Crippen LogP contribution in [0.1, 0.15) is 56.4 Å². The molecule has 0 unspecified atom stereocenters. The Morgan fingerprint density at radius 3 is 2.91 bits per heavy atom. The lowest BCUT2D eigenvalue weighted by Crippen LogP contribution is -2.18. The first-order valence-corrected chi connectivity index (χ1v) is 9.87. The van der Waals surface area contributed by atoms with Gasteiger partial charge in [-0.2, -0.15) is 0 Å². The zero-order valence-electron chi connectivity index (χ0n) is 13.1. The summed E-state index contributed by atoms with van der Waals surface area (Å²) >= 11 is 5.27. The number of ether oxygens (including phenoxy) is 1. The lowest BCUT2D eigenvalue weighted by Gasteiger charge is -2.27. The highest BCUT2D eigenvalue weighted by Crippen LogP contribution is 2.39. The van der Waals surface area contributed by atoms with Crippen LogP contribution in [0.2, 0.25) is 0 Å². The Morgan fingerprint density at radius 2 is 2.14 bits per heavy atom. The van der Waals surface area contributed by atoms with Gasteiger partial charge in [0, 0.05) is 19.1 Å². The van der Waals surface area contributed by atoms with Crippen LogP contribution in [0.4, 0.5) is 0 Å². The van der Waals surface area contributed by atoms with E-state index in [0.29, 0.717) is 5.92 Å². The van der Waals surface area contributed by atoms with E-state index in [1.54, 1.807) is 0 Å². The van der Waals surface area contributed by atoms with E-state index >= 15 is 0 Å². The van der Waals surface area contributed by atoms with E-state index in [1.807, 2.05) is 17.5 Å². The molecule has 0 radical (unpaired) electrons. The number of hydrogen-bond acceptors (Lipinski definition) is 4. The third kappa shape index (κ3) is 4.06. The van der Waals surface area contributed by atoms with Gasteiger partial charge >= 0.3 is 0 Å². The first-order chi connectivity index (χ1) is 10.8. The van der Waals surface area contributed by atoms with Crippen molar-refractivity contribution in [3.63, 3.8) is 0 Å². The number of nitrogens with zero attached hydrogens (tertiary/aromatic N) is 2. The average Bonchev–Trinajstić information content (AvgIpc) is 2.95. The van der Waals surface area contributed by atoms with Gasteiger partial charge in [-0.15, -0.1) is 11.3 Å². The van der Waals surface area contributed by atoms with Gasteiger partial charge < -0.3 is 4.74 Å². The SMILES string of the molecule is CCCCOCC1CCC(c2nc3cnc(Br)cc3s2)CC1. The number of hydrogen-bond donors (Lipinski definition) is 0. The van der Waals surface area contributed by atoms with Crippen LogP contribution in [0.15, 0.2) is 16.9 Å². The van der Waals surface area contributed by atoms with E-state index in [-0.39, 0.29) is 0 Å². The highest BCUT2D eigenvalue weighted by molar-refractivity contribution is 9.10. The minimum absolute atomic E-state index is 0.628. The molecule has 2 aromatic heterocycles. The zero-order valence-corrected chi connectivity index (χ0v) is 15.5. The molecule has 0 N–H and O–H groups in total. The van der Waals surface area contributed by atoms with E-state index in [0.717, 1.165) is 29.3 Å². The lowest BCUT2D eigenvalue weighted by atomic mass is 9.83. The van der Waals surface area contributed by atoms with E-state index < -0.39 is 0 Å². The van der Waals surface area contributed by atoms with Gasteiger partial charge in [0.15, 0.2) is 0 Å². The number of unbranched alkanes of at least 4 members (excludes halogenated alkanes) is 1. The maximum absolute atomic E-state index is 5.79. The molecule has 0 amide bonds. The van der Waals surface area contributed by atoms with Gasteiger partial charge in [-0.25, -0.2) is 9.97 Å². The summed E-state index contributed by atoms with van der Waals surface area (Å²) in [5.74, 6) is 1.38. The number of halogens is 1. The van der Waals surface area contributed by atoms with Gasteiger partial charge in [0.25, 0.3) is 0 Å². The van der Waals surface area contributed by atoms with Crippen molar-refractivity contribution in [2.45, 2.75) is 51.4 Å². The maximum atomic E-state index is 5.79. The predicted octanol–water partition coefficient (Wildman–Crippen LogP) is 5.54. The summed E-state index contributed by atoms with van der Waals surface area (Å²) in [6.45, 7) is 4.08. The summed E-state index contributed by atoms with van der Waals surface area (Å²) in [7, 11) is 0. The Kier molecular flexibility index (Phi) is 5.83. The van der Waals surface area contributed by atoms with Crippen molar-refractivity contribution in [1.82, 2.24) is 9.97 Å². The van der Waals surface area contributed by atoms with E-state index in [1.165, 1.54) is 48.2 Å². The standard InChI is InChI=1S/C17H23BrN2OS/c1-2-3-8-21-11-12-4-6-13(7-5-12)17-20-14-10-19-16(18)9-15(14)22-17/h9-10,12-13H,2-8,11H2,1H3. The molecule has 2 aromatic rings. The molecule has 0 aromatic carbocycles. The number of fused-ring (bicyclic) bond motifs is 1. The molecule has 22 heavy (non-hydrogen) atoms. The number of pyridine rings is 1. The zero-order chi connectivity index (χ0) is 15.4. The Morgan fingerprint density at radius 1 is 1.32 bits per heavy atom. The fraction of sp³-hybridized carbons (Fsp3) is 0.647. The molecule has 3 rings (SSSR count). The molecule has 0 aliphatic heterocycles. The summed E-state index contributed by atoms with van der Waals surface area (Å²) in [5, 5.41) is 1.29. The minimum Gasteiger partial charge on any atom is -0.381 e. The van der Waals surface area contributed by atoms with Crippen molar-refractivity contribution in [2.75, 3.05) is 13.2 Å². The normalized spacial score (nSPS) is 22.3. The van der Waals surface area contributed by atoms with E-state index in [2.05, 4.69) is 33.9 Å². The van der Waals surface area contributed by atoms with Crippen LogP contribution in [0.25, 0.3) is 10.2 Å². The largest absolute Gasteiger partial charge is 0.381 e. The predicted molar refractivity (Wildman–Crippen MR) is 95.5 cm³/mol. The Hall–Kier alpha value is -0.520. The van der Waals surface area contributed by atoms with Crippen LogP contribution < -0.4 is 0 Å². The van der Waals surface area contributed by atoms with Crippen molar-refractivity contribution in [3.8, 4) is 0 Å². The quantitative estimate of drug-likeness (QED) is 0.485. The maximum Gasteiger partial charge on any atom is 0.107 e. The molecule has 2 heterocycles. The van der Waals surface area contributed by atoms with Crippen LogP contribution in [-0.4, -0.2) is 23.2 Å². The van der Waals surface area contributed by atoms with Gasteiger partial charge in [-0.1, -0.05) is 13.3 Å². The molecular weight excluding hydrogens is 360 g/mol. The molecule has 5 heteroatoms. The molecular formula is C17H23BrN2OS. The van der Waals surface area contributed by atoms with Crippen LogP contribution >= 0.6 is 27.3 Å². The second kappa shape index (κ2) is 7.84. The van der Waals surface area contributed by atoms with Crippen LogP contribution in [0.3, 0.4) is 0 Å². The number of rotatable bonds is 6. The van der Waals surface area contributed by atoms with E-state index in [9.17, 15) is 0 Å². The van der Waals surface area contributed by atoms with Gasteiger partial charge in [0.05, 0.1) is 21.4 Å². The lowest BCUT2D eigenvalue weighted by molar-refractivity contribution is 0.0808. The molecule has 0 atom stereocenters. The Bertz CT molecular complexity index is 608. The molecule has 1 aliphatic rings. The summed E-state index contributed by atoms with van der Waals surface area (Å²) in [6, 6.07) is 2.07. The van der Waals surface area contributed by atoms with Crippen molar-refractivity contribution in [2.24, 2.45) is 5.92 Å². The highest BCUT2D eigenvalue weighted by Gasteiger charge is 2.24. The smallest absolute Gasteiger partial charge is 0.107 e. The fourth-order valence-electron chi connectivity index (χ4n) is 3.07. The molecule has 0 spiro atoms. The van der Waals surface area contributed by atoms with Gasteiger partial charge in [-0.3, -0.25) is 0 Å². The Labute approximate surface area is 144 Å². The second-order valence-corrected chi connectivity index (χ2v) is 8.05. The fourth-order valence-corrected chi connectivity index (χ4v) is 4.70. The summed E-state index contributed by atoms with van der Waals surface area (Å²) in [6.07, 6.45) is 9.31. The second-order valence-electron chi connectivity index (χ2n) is 6.17. The van der Waals surface area contributed by atoms with Crippen molar-refractivity contribution >= 4 is 37.5 Å². The van der Waals surface area contributed by atoms with Crippen LogP contribution in [-0.2, 0) is 4.74 Å². The molecule has 1 saturated carbocycles. The third-order valence-electron chi connectivity index (χ3n) is 4.45. The molecule has 1 aliphatic carbocycles. The van der Waals surface area contributed by atoms with Gasteiger partial charge in [-0.05, 0) is 60.0 Å². The Balaban J connectivity index is 1.54. The summed E-state index contributed by atoms with van der Waals surface area (Å²) < 4.78 is 7.92. The number of thiazole rings is 1. The first kappa shape index (κ1) is 16.3. The van der Waals surface area contributed by atoms with Gasteiger partial charge in [0.2, 0.25) is 0 Å². The van der Waals surface area contributed by atoms with Crippen molar-refractivity contribution < 1.29 is 4.74 Å². The summed E-state index contributed by atoms with van der Waals surface area (Å²) in [4.78, 5) is 9.06. The minimum atomic E-state index is 0.628. The van der Waals surface area contributed by atoms with Gasteiger partial charge in [0.1, 0.15) is 4.60 Å². The van der Waals surface area contributed by atoms with Crippen molar-refractivity contribution in [1.29, 1.82) is 0 Å². The molecule has 0 saturated heterocycles.